The summed E-state index contributed by atoms with van der Waals surface area (Å²) in [5, 5.41) is 0.628. The fourth-order valence-corrected chi connectivity index (χ4v) is 3.67. The van der Waals surface area contributed by atoms with Gasteiger partial charge < -0.3 is 4.90 Å². The van der Waals surface area contributed by atoms with Crippen LogP contribution in [0.3, 0.4) is 0 Å². The molecule has 0 spiro atoms. The molecule has 0 atom stereocenters. The zero-order valence-electron chi connectivity index (χ0n) is 11.6. The van der Waals surface area contributed by atoms with Crippen molar-refractivity contribution in [2.24, 2.45) is 0 Å². The number of fused-ring (bicyclic) bond motifs is 1. The van der Waals surface area contributed by atoms with Gasteiger partial charge in [-0.2, -0.15) is 13.2 Å². The second kappa shape index (κ2) is 6.16. The molecule has 8 heteroatoms. The lowest BCUT2D eigenvalue weighted by Gasteiger charge is -2.29. The van der Waals surface area contributed by atoms with Crippen LogP contribution in [0.15, 0.2) is 46.0 Å². The number of benzene rings is 1. The minimum Gasteiger partial charge on any atom is -0.305 e. The Morgan fingerprint density at radius 1 is 1.22 bits per heavy atom. The summed E-state index contributed by atoms with van der Waals surface area (Å²) in [6.07, 6.45) is -4.45. The van der Waals surface area contributed by atoms with Gasteiger partial charge in [0.2, 0.25) is 5.91 Å². The molecule has 0 bridgehead atoms. The van der Waals surface area contributed by atoms with Crippen molar-refractivity contribution >= 4 is 39.3 Å². The number of nitrogens with zero attached hydrogens (tertiary/aromatic N) is 2. The van der Waals surface area contributed by atoms with Gasteiger partial charge in [-0.15, -0.1) is 0 Å². The van der Waals surface area contributed by atoms with Crippen LogP contribution >= 0.6 is 27.7 Å². The minimum atomic E-state index is -4.45. The third-order valence-electron chi connectivity index (χ3n) is 3.38. The molecular formula is C15H10BrF3N2OS. The Hall–Kier alpha value is -1.54. The lowest BCUT2D eigenvalue weighted by Crippen LogP contribution is -2.35. The standard InChI is InChI=1S/C15H10BrF3N2OS/c16-12-6-5-11-14(20-12)23-8-13(22)21(11)7-9-3-1-2-4-10(9)15(17,18)19/h1-6H,7-8H2. The van der Waals surface area contributed by atoms with E-state index in [2.05, 4.69) is 20.9 Å². The molecule has 3 nitrogen and oxygen atoms in total. The summed E-state index contributed by atoms with van der Waals surface area (Å²) in [5.74, 6) is -0.0754. The Kier molecular flexibility index (Phi) is 4.37. The number of aromatic nitrogens is 1. The number of hydrogen-bond donors (Lipinski definition) is 0. The van der Waals surface area contributed by atoms with Gasteiger partial charge in [0, 0.05) is 0 Å². The maximum absolute atomic E-state index is 13.1. The zero-order valence-corrected chi connectivity index (χ0v) is 14.0. The normalized spacial score (nSPS) is 14.8. The number of carbonyl (C=O) groups excluding carboxylic acids is 1. The van der Waals surface area contributed by atoms with Crippen molar-refractivity contribution in [1.82, 2.24) is 4.98 Å². The van der Waals surface area contributed by atoms with Crippen molar-refractivity contribution in [2.45, 2.75) is 17.7 Å². The Bertz CT molecular complexity index is 767. The molecule has 0 saturated heterocycles. The number of pyridine rings is 1. The van der Waals surface area contributed by atoms with E-state index in [9.17, 15) is 18.0 Å². The second-order valence-electron chi connectivity index (χ2n) is 4.88. The number of rotatable bonds is 2. The van der Waals surface area contributed by atoms with Crippen LogP contribution in [0.5, 0.6) is 0 Å². The van der Waals surface area contributed by atoms with Gasteiger partial charge in [-0.05, 0) is 39.7 Å². The van der Waals surface area contributed by atoms with Gasteiger partial charge in [0.05, 0.1) is 23.5 Å². The van der Waals surface area contributed by atoms with Gasteiger partial charge in [0.1, 0.15) is 9.63 Å². The number of anilines is 1. The third-order valence-corrected chi connectivity index (χ3v) is 4.79. The molecule has 0 saturated carbocycles. The molecule has 0 N–H and O–H groups in total. The lowest BCUT2D eigenvalue weighted by molar-refractivity contribution is -0.138. The monoisotopic (exact) mass is 402 g/mol. The van der Waals surface area contributed by atoms with Gasteiger partial charge in [-0.1, -0.05) is 30.0 Å². The largest absolute Gasteiger partial charge is 0.416 e. The predicted octanol–water partition coefficient (Wildman–Crippen LogP) is 4.50. The molecule has 2 aromatic rings. The quantitative estimate of drug-likeness (QED) is 0.693. The molecule has 1 aliphatic heterocycles. The highest BCUT2D eigenvalue weighted by molar-refractivity contribution is 9.10. The average molecular weight is 403 g/mol. The number of hydrogen-bond acceptors (Lipinski definition) is 3. The van der Waals surface area contributed by atoms with Gasteiger partial charge in [0.25, 0.3) is 0 Å². The molecule has 1 aromatic carbocycles. The van der Waals surface area contributed by atoms with Crippen molar-refractivity contribution in [2.75, 3.05) is 10.7 Å². The van der Waals surface area contributed by atoms with Crippen LogP contribution in [-0.4, -0.2) is 16.6 Å². The Morgan fingerprint density at radius 2 is 1.96 bits per heavy atom. The first-order valence-electron chi connectivity index (χ1n) is 6.61. The summed E-state index contributed by atoms with van der Waals surface area (Å²) < 4.78 is 40.0. The highest BCUT2D eigenvalue weighted by Crippen LogP contribution is 2.37. The van der Waals surface area contributed by atoms with E-state index in [0.717, 1.165) is 6.07 Å². The van der Waals surface area contributed by atoms with E-state index in [1.165, 1.54) is 34.9 Å². The first-order chi connectivity index (χ1) is 10.9. The highest BCUT2D eigenvalue weighted by Gasteiger charge is 2.34. The molecule has 23 heavy (non-hydrogen) atoms. The van der Waals surface area contributed by atoms with Crippen molar-refractivity contribution in [1.29, 1.82) is 0 Å². The molecule has 0 radical (unpaired) electrons. The summed E-state index contributed by atoms with van der Waals surface area (Å²) >= 11 is 4.53. The smallest absolute Gasteiger partial charge is 0.305 e. The third kappa shape index (κ3) is 3.37. The molecule has 1 aliphatic rings. The summed E-state index contributed by atoms with van der Waals surface area (Å²) in [5.41, 5.74) is -0.127. The lowest BCUT2D eigenvalue weighted by atomic mass is 10.1. The molecule has 1 amide bonds. The van der Waals surface area contributed by atoms with Crippen LogP contribution in [0, 0.1) is 0 Å². The topological polar surface area (TPSA) is 33.2 Å². The molecule has 120 valence electrons. The van der Waals surface area contributed by atoms with E-state index in [4.69, 9.17) is 0 Å². The molecule has 0 aliphatic carbocycles. The number of halogens is 4. The summed E-state index contributed by atoms with van der Waals surface area (Å²) in [6.45, 7) is -0.134. The maximum Gasteiger partial charge on any atom is 0.416 e. The molecule has 0 fully saturated rings. The first kappa shape index (κ1) is 16.3. The number of carbonyl (C=O) groups is 1. The number of alkyl halides is 3. The molecule has 1 aromatic heterocycles. The van der Waals surface area contributed by atoms with E-state index in [1.807, 2.05) is 0 Å². The van der Waals surface area contributed by atoms with Crippen molar-refractivity contribution in [3.8, 4) is 0 Å². The van der Waals surface area contributed by atoms with Crippen molar-refractivity contribution < 1.29 is 18.0 Å². The van der Waals surface area contributed by atoms with E-state index in [0.29, 0.717) is 15.3 Å². The summed E-state index contributed by atoms with van der Waals surface area (Å²) in [4.78, 5) is 17.8. The highest BCUT2D eigenvalue weighted by atomic mass is 79.9. The van der Waals surface area contributed by atoms with Gasteiger partial charge in [0.15, 0.2) is 0 Å². The molecule has 0 unspecified atom stereocenters. The van der Waals surface area contributed by atoms with Crippen LogP contribution < -0.4 is 4.90 Å². The van der Waals surface area contributed by atoms with E-state index >= 15 is 0 Å². The molecule has 3 rings (SSSR count). The number of amides is 1. The molecule has 2 heterocycles. The number of thioether (sulfide) groups is 1. The maximum atomic E-state index is 13.1. The van der Waals surface area contributed by atoms with Crippen LogP contribution in [0.2, 0.25) is 0 Å². The van der Waals surface area contributed by atoms with E-state index in [-0.39, 0.29) is 23.8 Å². The average Bonchev–Trinajstić information content (AvgIpc) is 2.49. The molecular weight excluding hydrogens is 393 g/mol. The zero-order chi connectivity index (χ0) is 16.6. The van der Waals surface area contributed by atoms with Gasteiger partial charge in [-0.3, -0.25) is 4.79 Å². The second-order valence-corrected chi connectivity index (χ2v) is 6.66. The van der Waals surface area contributed by atoms with Crippen LogP contribution in [0.4, 0.5) is 18.9 Å². The predicted molar refractivity (Wildman–Crippen MR) is 85.3 cm³/mol. The van der Waals surface area contributed by atoms with E-state index in [1.54, 1.807) is 12.1 Å². The van der Waals surface area contributed by atoms with Crippen molar-refractivity contribution in [3.05, 3.63) is 52.1 Å². The minimum absolute atomic E-state index is 0.0640. The van der Waals surface area contributed by atoms with Crippen molar-refractivity contribution in [3.63, 3.8) is 0 Å². The van der Waals surface area contributed by atoms with Crippen LogP contribution in [-0.2, 0) is 17.5 Å². The first-order valence-corrected chi connectivity index (χ1v) is 8.39. The van der Waals surface area contributed by atoms with Crippen LogP contribution in [0.25, 0.3) is 0 Å². The van der Waals surface area contributed by atoms with Crippen LogP contribution in [0.1, 0.15) is 11.1 Å². The SMILES string of the molecule is O=C1CSc2nc(Br)ccc2N1Cc1ccccc1C(F)(F)F. The Morgan fingerprint density at radius 3 is 2.70 bits per heavy atom. The Balaban J connectivity index is 2.00. The fraction of sp³-hybridized carbons (Fsp3) is 0.200. The fourth-order valence-electron chi connectivity index (χ4n) is 2.34. The van der Waals surface area contributed by atoms with E-state index < -0.39 is 11.7 Å². The van der Waals surface area contributed by atoms with Gasteiger partial charge in [-0.25, -0.2) is 4.98 Å². The Labute approximate surface area is 143 Å². The van der Waals surface area contributed by atoms with Gasteiger partial charge >= 0.3 is 6.18 Å². The summed E-state index contributed by atoms with van der Waals surface area (Å²) in [6, 6.07) is 8.65. The summed E-state index contributed by atoms with van der Waals surface area (Å²) in [7, 11) is 0.